The van der Waals surface area contributed by atoms with Crippen molar-refractivity contribution < 1.29 is 19.1 Å². The Morgan fingerprint density at radius 1 is 1.07 bits per heavy atom. The van der Waals surface area contributed by atoms with E-state index >= 15 is 0 Å². The van der Waals surface area contributed by atoms with Gasteiger partial charge in [0.1, 0.15) is 11.3 Å². The zero-order chi connectivity index (χ0) is 19.4. The zero-order valence-electron chi connectivity index (χ0n) is 15.2. The van der Waals surface area contributed by atoms with Crippen LogP contribution in [0.5, 0.6) is 5.75 Å². The van der Waals surface area contributed by atoms with Crippen molar-refractivity contribution in [2.45, 2.75) is 20.3 Å². The topological polar surface area (TPSA) is 75.7 Å². The highest BCUT2D eigenvalue weighted by Crippen LogP contribution is 2.23. The van der Waals surface area contributed by atoms with Gasteiger partial charge in [0.15, 0.2) is 0 Å². The Kier molecular flexibility index (Phi) is 5.35. The first-order chi connectivity index (χ1) is 13.0. The van der Waals surface area contributed by atoms with Gasteiger partial charge < -0.3 is 4.74 Å². The quantitative estimate of drug-likeness (QED) is 0.651. The number of anilines is 1. The minimum atomic E-state index is -0.758. The molecule has 0 aromatic heterocycles. The number of carbonyl (C=O) groups excluding carboxylic acids is 3. The maximum absolute atomic E-state index is 12.8. The van der Waals surface area contributed by atoms with Gasteiger partial charge in [-0.2, -0.15) is 0 Å². The van der Waals surface area contributed by atoms with Crippen LogP contribution in [0.1, 0.15) is 24.5 Å². The molecular weight excluding hydrogens is 344 g/mol. The number of nitrogens with one attached hydrogen (secondary N) is 1. The SMILES string of the molecule is CCCOc1cccc(/C=C2/C(=O)NC(=O)N(c3ccc(C)cc3)C2=O)c1. The second-order valence-corrected chi connectivity index (χ2v) is 6.21. The molecule has 1 aliphatic heterocycles. The van der Waals surface area contributed by atoms with E-state index in [1.807, 2.05) is 19.9 Å². The van der Waals surface area contributed by atoms with Crippen molar-refractivity contribution in [3.05, 3.63) is 65.2 Å². The van der Waals surface area contributed by atoms with Gasteiger partial charge in [-0.3, -0.25) is 14.9 Å². The molecule has 0 spiro atoms. The minimum Gasteiger partial charge on any atom is -0.494 e. The highest BCUT2D eigenvalue weighted by molar-refractivity contribution is 6.39. The lowest BCUT2D eigenvalue weighted by Gasteiger charge is -2.26. The number of amides is 4. The first-order valence-corrected chi connectivity index (χ1v) is 8.70. The largest absolute Gasteiger partial charge is 0.494 e. The molecule has 0 unspecified atom stereocenters. The van der Waals surface area contributed by atoms with Crippen molar-refractivity contribution in [2.75, 3.05) is 11.5 Å². The van der Waals surface area contributed by atoms with Crippen LogP contribution >= 0.6 is 0 Å². The number of urea groups is 1. The maximum Gasteiger partial charge on any atom is 0.335 e. The summed E-state index contributed by atoms with van der Waals surface area (Å²) in [5.74, 6) is -0.720. The average Bonchev–Trinajstić information content (AvgIpc) is 2.65. The highest BCUT2D eigenvalue weighted by atomic mass is 16.5. The Bertz CT molecular complexity index is 916. The third-order valence-corrected chi connectivity index (χ3v) is 4.04. The predicted octanol–water partition coefficient (Wildman–Crippen LogP) is 3.45. The Balaban J connectivity index is 1.93. The zero-order valence-corrected chi connectivity index (χ0v) is 15.2. The number of rotatable bonds is 5. The maximum atomic E-state index is 12.8. The fourth-order valence-electron chi connectivity index (χ4n) is 2.67. The Morgan fingerprint density at radius 3 is 2.52 bits per heavy atom. The highest BCUT2D eigenvalue weighted by Gasteiger charge is 2.36. The summed E-state index contributed by atoms with van der Waals surface area (Å²) >= 11 is 0. The van der Waals surface area contributed by atoms with Gasteiger partial charge in [0, 0.05) is 0 Å². The number of imide groups is 2. The van der Waals surface area contributed by atoms with Gasteiger partial charge in [-0.05, 0) is 49.2 Å². The Morgan fingerprint density at radius 2 is 1.81 bits per heavy atom. The lowest BCUT2D eigenvalue weighted by Crippen LogP contribution is -2.54. The third kappa shape index (κ3) is 4.06. The average molecular weight is 364 g/mol. The number of aryl methyl sites for hydroxylation is 1. The fraction of sp³-hybridized carbons (Fsp3) is 0.190. The van der Waals surface area contributed by atoms with Crippen molar-refractivity contribution in [2.24, 2.45) is 0 Å². The first-order valence-electron chi connectivity index (χ1n) is 8.70. The lowest BCUT2D eigenvalue weighted by molar-refractivity contribution is -0.122. The number of carbonyl (C=O) groups is 3. The second-order valence-electron chi connectivity index (χ2n) is 6.21. The Labute approximate surface area is 157 Å². The van der Waals surface area contributed by atoms with Crippen LogP contribution in [0.25, 0.3) is 6.08 Å². The number of hydrogen-bond donors (Lipinski definition) is 1. The summed E-state index contributed by atoms with van der Waals surface area (Å²) < 4.78 is 5.58. The molecule has 0 atom stereocenters. The molecule has 0 radical (unpaired) electrons. The van der Waals surface area contributed by atoms with Crippen molar-refractivity contribution in [1.29, 1.82) is 0 Å². The summed E-state index contributed by atoms with van der Waals surface area (Å²) in [6, 6.07) is 13.3. The van der Waals surface area contributed by atoms with E-state index in [1.54, 1.807) is 42.5 Å². The standard InChI is InChI=1S/C21H20N2O4/c1-3-11-27-17-6-4-5-15(12-17)13-18-19(24)22-21(26)23(20(18)25)16-9-7-14(2)8-10-16/h4-10,12-13H,3,11H2,1-2H3,(H,22,24,26)/b18-13-. The molecule has 0 aliphatic carbocycles. The second kappa shape index (κ2) is 7.86. The normalized spacial score (nSPS) is 15.9. The molecule has 2 aromatic carbocycles. The summed E-state index contributed by atoms with van der Waals surface area (Å²) in [6.45, 7) is 4.49. The molecule has 4 amide bonds. The van der Waals surface area contributed by atoms with Crippen molar-refractivity contribution in [1.82, 2.24) is 5.32 Å². The molecule has 6 nitrogen and oxygen atoms in total. The number of barbiturate groups is 1. The van der Waals surface area contributed by atoms with E-state index in [4.69, 9.17) is 4.74 Å². The number of nitrogens with zero attached hydrogens (tertiary/aromatic N) is 1. The van der Waals surface area contributed by atoms with E-state index in [-0.39, 0.29) is 5.57 Å². The van der Waals surface area contributed by atoms with E-state index in [9.17, 15) is 14.4 Å². The van der Waals surface area contributed by atoms with Crippen LogP contribution in [0.15, 0.2) is 54.1 Å². The number of ether oxygens (including phenoxy) is 1. The summed E-state index contributed by atoms with van der Waals surface area (Å²) in [4.78, 5) is 38.2. The van der Waals surface area contributed by atoms with Crippen molar-refractivity contribution in [3.8, 4) is 5.75 Å². The molecule has 1 N–H and O–H groups in total. The van der Waals surface area contributed by atoms with Crippen molar-refractivity contribution >= 4 is 29.6 Å². The van der Waals surface area contributed by atoms with E-state index in [0.717, 1.165) is 16.9 Å². The third-order valence-electron chi connectivity index (χ3n) is 4.04. The van der Waals surface area contributed by atoms with E-state index in [1.165, 1.54) is 6.08 Å². The molecule has 6 heteroatoms. The van der Waals surface area contributed by atoms with Crippen LogP contribution in [0.3, 0.4) is 0 Å². The Hall–Kier alpha value is -3.41. The molecule has 1 fully saturated rings. The summed E-state index contributed by atoms with van der Waals surface area (Å²) in [5, 5.41) is 2.22. The predicted molar refractivity (Wildman–Crippen MR) is 102 cm³/mol. The van der Waals surface area contributed by atoms with Crippen LogP contribution in [0.2, 0.25) is 0 Å². The van der Waals surface area contributed by atoms with Crippen LogP contribution < -0.4 is 15.0 Å². The molecule has 27 heavy (non-hydrogen) atoms. The van der Waals surface area contributed by atoms with Crippen LogP contribution in [0.4, 0.5) is 10.5 Å². The summed E-state index contributed by atoms with van der Waals surface area (Å²) in [5.41, 5.74) is 1.93. The lowest BCUT2D eigenvalue weighted by atomic mass is 10.1. The van der Waals surface area contributed by atoms with Gasteiger partial charge in [0.2, 0.25) is 0 Å². The van der Waals surface area contributed by atoms with Crippen molar-refractivity contribution in [3.63, 3.8) is 0 Å². The number of benzene rings is 2. The van der Waals surface area contributed by atoms with E-state index < -0.39 is 17.8 Å². The van der Waals surface area contributed by atoms with Gasteiger partial charge >= 0.3 is 6.03 Å². The molecule has 0 bridgehead atoms. The summed E-state index contributed by atoms with van der Waals surface area (Å²) in [7, 11) is 0. The molecular formula is C21H20N2O4. The molecule has 1 heterocycles. The van der Waals surface area contributed by atoms with E-state index in [0.29, 0.717) is 23.6 Å². The van der Waals surface area contributed by atoms with E-state index in [2.05, 4.69) is 5.32 Å². The molecule has 0 saturated carbocycles. The smallest absolute Gasteiger partial charge is 0.335 e. The molecule has 1 aliphatic rings. The minimum absolute atomic E-state index is 0.109. The molecule has 3 rings (SSSR count). The number of hydrogen-bond acceptors (Lipinski definition) is 4. The van der Waals surface area contributed by atoms with Crippen LogP contribution in [0, 0.1) is 6.92 Å². The van der Waals surface area contributed by atoms with Gasteiger partial charge in [-0.15, -0.1) is 0 Å². The monoisotopic (exact) mass is 364 g/mol. The fourth-order valence-corrected chi connectivity index (χ4v) is 2.67. The van der Waals surface area contributed by atoms with Crippen LogP contribution in [-0.2, 0) is 9.59 Å². The first kappa shape index (κ1) is 18.4. The summed E-state index contributed by atoms with van der Waals surface area (Å²) in [6.07, 6.45) is 2.34. The van der Waals surface area contributed by atoms with Gasteiger partial charge in [-0.1, -0.05) is 36.8 Å². The molecule has 2 aromatic rings. The van der Waals surface area contributed by atoms with Gasteiger partial charge in [0.25, 0.3) is 11.8 Å². The van der Waals surface area contributed by atoms with Gasteiger partial charge in [-0.25, -0.2) is 9.69 Å². The molecule has 1 saturated heterocycles. The van der Waals surface area contributed by atoms with Crippen LogP contribution in [-0.4, -0.2) is 24.5 Å². The van der Waals surface area contributed by atoms with Gasteiger partial charge in [0.05, 0.1) is 12.3 Å². The molecule has 138 valence electrons.